The molecule has 2 rings (SSSR count). The number of carbonyl (C=O) groups is 1. The number of halogens is 3. The summed E-state index contributed by atoms with van der Waals surface area (Å²) >= 11 is 17.6. The number of rotatable bonds is 4. The van der Waals surface area contributed by atoms with Crippen LogP contribution >= 0.6 is 34.8 Å². The van der Waals surface area contributed by atoms with Gasteiger partial charge in [-0.1, -0.05) is 34.8 Å². The molecule has 22 heavy (non-hydrogen) atoms. The first-order chi connectivity index (χ1) is 10.2. The van der Waals surface area contributed by atoms with Gasteiger partial charge in [0.25, 0.3) is 5.91 Å². The van der Waals surface area contributed by atoms with Crippen molar-refractivity contribution in [1.82, 2.24) is 4.90 Å². The van der Waals surface area contributed by atoms with Crippen LogP contribution in [0.25, 0.3) is 0 Å². The van der Waals surface area contributed by atoms with E-state index < -0.39 is 9.84 Å². The third-order valence-corrected chi connectivity index (χ3v) is 6.24. The Balaban J connectivity index is 1.97. The number of hydrogen-bond donors (Lipinski definition) is 0. The summed E-state index contributed by atoms with van der Waals surface area (Å²) in [5.74, 6) is 0.0125. The molecule has 1 saturated heterocycles. The lowest BCUT2D eigenvalue weighted by Crippen LogP contribution is -2.40. The van der Waals surface area contributed by atoms with Crippen molar-refractivity contribution in [2.75, 3.05) is 25.2 Å². The van der Waals surface area contributed by atoms with Crippen LogP contribution in [0.5, 0.6) is 5.75 Å². The fourth-order valence-electron chi connectivity index (χ4n) is 2.14. The molecule has 1 amide bonds. The first-order valence-corrected chi connectivity index (χ1v) is 9.38. The van der Waals surface area contributed by atoms with Gasteiger partial charge in [0, 0.05) is 19.2 Å². The number of sulfone groups is 1. The SMILES string of the molecule is CN(C(=O)COc1cc(Cl)c(Cl)cc1Cl)[C@H]1CCS(=O)(=O)C1. The molecule has 0 aromatic heterocycles. The van der Waals surface area contributed by atoms with Gasteiger partial charge in [-0.05, 0) is 12.5 Å². The second-order valence-corrected chi connectivity index (χ2v) is 8.50. The Morgan fingerprint density at radius 1 is 1.27 bits per heavy atom. The minimum absolute atomic E-state index is 0.0111. The zero-order valence-electron chi connectivity index (χ0n) is 11.7. The summed E-state index contributed by atoms with van der Waals surface area (Å²) in [4.78, 5) is 13.5. The molecular weight excluding hydrogens is 373 g/mol. The van der Waals surface area contributed by atoms with Crippen LogP contribution in [0.15, 0.2) is 12.1 Å². The highest BCUT2D eigenvalue weighted by Gasteiger charge is 2.32. The highest BCUT2D eigenvalue weighted by atomic mass is 35.5. The van der Waals surface area contributed by atoms with Crippen molar-refractivity contribution in [2.45, 2.75) is 12.5 Å². The van der Waals surface area contributed by atoms with Crippen LogP contribution in [0.1, 0.15) is 6.42 Å². The lowest BCUT2D eigenvalue weighted by molar-refractivity contribution is -0.133. The molecule has 0 spiro atoms. The van der Waals surface area contributed by atoms with Gasteiger partial charge in [0.1, 0.15) is 5.75 Å². The summed E-state index contributed by atoms with van der Waals surface area (Å²) in [5, 5.41) is 0.802. The molecule has 1 aromatic rings. The normalized spacial score (nSPS) is 19.9. The van der Waals surface area contributed by atoms with Gasteiger partial charge in [0.2, 0.25) is 0 Å². The second kappa shape index (κ2) is 6.83. The highest BCUT2D eigenvalue weighted by Crippen LogP contribution is 2.33. The van der Waals surface area contributed by atoms with E-state index in [4.69, 9.17) is 39.5 Å². The van der Waals surface area contributed by atoms with Crippen molar-refractivity contribution >= 4 is 50.5 Å². The number of nitrogens with zero attached hydrogens (tertiary/aromatic N) is 1. The van der Waals surface area contributed by atoms with Crippen LogP contribution in [0.3, 0.4) is 0 Å². The summed E-state index contributed by atoms with van der Waals surface area (Å²) in [6.45, 7) is -0.259. The van der Waals surface area contributed by atoms with Crippen LogP contribution in [0, 0.1) is 0 Å². The van der Waals surface area contributed by atoms with Gasteiger partial charge in [-0.3, -0.25) is 4.79 Å². The van der Waals surface area contributed by atoms with Crippen molar-refractivity contribution in [3.05, 3.63) is 27.2 Å². The predicted molar refractivity (Wildman–Crippen MR) is 86.8 cm³/mol. The zero-order valence-corrected chi connectivity index (χ0v) is 14.8. The Morgan fingerprint density at radius 3 is 2.50 bits per heavy atom. The molecule has 122 valence electrons. The predicted octanol–water partition coefficient (Wildman–Crippen LogP) is 2.67. The van der Waals surface area contributed by atoms with E-state index >= 15 is 0 Å². The van der Waals surface area contributed by atoms with Crippen molar-refractivity contribution in [3.8, 4) is 5.75 Å². The average Bonchev–Trinajstić information content (AvgIpc) is 2.80. The standard InChI is InChI=1S/C13H14Cl3NO4S/c1-17(8-2-3-22(19,20)7-8)13(18)6-21-12-5-10(15)9(14)4-11(12)16/h4-5,8H,2-3,6-7H2,1H3/t8-/m0/s1. The molecule has 9 heteroatoms. The lowest BCUT2D eigenvalue weighted by atomic mass is 10.2. The van der Waals surface area contributed by atoms with E-state index in [1.54, 1.807) is 7.05 Å². The number of benzene rings is 1. The smallest absolute Gasteiger partial charge is 0.260 e. The third-order valence-electron chi connectivity index (χ3n) is 3.48. The Hall–Kier alpha value is -0.690. The van der Waals surface area contributed by atoms with Crippen LogP contribution in [0.2, 0.25) is 15.1 Å². The fourth-order valence-corrected chi connectivity index (χ4v) is 4.51. The first kappa shape index (κ1) is 17.7. The molecule has 1 heterocycles. The van der Waals surface area contributed by atoms with Gasteiger partial charge in [-0.15, -0.1) is 0 Å². The molecule has 1 fully saturated rings. The van der Waals surface area contributed by atoms with Gasteiger partial charge < -0.3 is 9.64 Å². The Labute approximate surface area is 144 Å². The topological polar surface area (TPSA) is 63.7 Å². The molecule has 5 nitrogen and oxygen atoms in total. The van der Waals surface area contributed by atoms with Crippen LogP contribution < -0.4 is 4.74 Å². The maximum Gasteiger partial charge on any atom is 0.260 e. The number of hydrogen-bond acceptors (Lipinski definition) is 4. The minimum atomic E-state index is -3.05. The summed E-state index contributed by atoms with van der Waals surface area (Å²) in [5.41, 5.74) is 0. The third kappa shape index (κ3) is 4.19. The second-order valence-electron chi connectivity index (χ2n) is 5.05. The quantitative estimate of drug-likeness (QED) is 0.746. The fraction of sp³-hybridized carbons (Fsp3) is 0.462. The molecule has 0 N–H and O–H groups in total. The molecule has 1 aromatic carbocycles. The molecule has 0 saturated carbocycles. The highest BCUT2D eigenvalue weighted by molar-refractivity contribution is 7.91. The van der Waals surface area contributed by atoms with Crippen molar-refractivity contribution in [2.24, 2.45) is 0 Å². The van der Waals surface area contributed by atoms with E-state index in [0.717, 1.165) is 0 Å². The molecule has 0 aliphatic carbocycles. The van der Waals surface area contributed by atoms with Crippen molar-refractivity contribution in [3.63, 3.8) is 0 Å². The summed E-state index contributed by atoms with van der Waals surface area (Å²) in [6, 6.07) is 2.54. The van der Waals surface area contributed by atoms with E-state index in [1.165, 1.54) is 17.0 Å². The van der Waals surface area contributed by atoms with Crippen LogP contribution in [0.4, 0.5) is 0 Å². The maximum atomic E-state index is 12.1. The van der Waals surface area contributed by atoms with E-state index in [1.807, 2.05) is 0 Å². The van der Waals surface area contributed by atoms with E-state index in [0.29, 0.717) is 11.4 Å². The van der Waals surface area contributed by atoms with E-state index in [2.05, 4.69) is 0 Å². The van der Waals surface area contributed by atoms with Gasteiger partial charge >= 0.3 is 0 Å². The van der Waals surface area contributed by atoms with Crippen LogP contribution in [-0.4, -0.2) is 50.4 Å². The van der Waals surface area contributed by atoms with Gasteiger partial charge in [-0.25, -0.2) is 8.42 Å². The van der Waals surface area contributed by atoms with Crippen molar-refractivity contribution < 1.29 is 17.9 Å². The monoisotopic (exact) mass is 385 g/mol. The molecule has 0 radical (unpaired) electrons. The first-order valence-electron chi connectivity index (χ1n) is 6.43. The van der Waals surface area contributed by atoms with Crippen molar-refractivity contribution in [1.29, 1.82) is 0 Å². The molecule has 1 aliphatic heterocycles. The summed E-state index contributed by atoms with van der Waals surface area (Å²) in [7, 11) is -1.48. The largest absolute Gasteiger partial charge is 0.482 e. The minimum Gasteiger partial charge on any atom is -0.482 e. The maximum absolute atomic E-state index is 12.1. The van der Waals surface area contributed by atoms with Gasteiger partial charge in [-0.2, -0.15) is 0 Å². The van der Waals surface area contributed by atoms with Gasteiger partial charge in [0.15, 0.2) is 16.4 Å². The zero-order chi connectivity index (χ0) is 16.5. The number of amides is 1. The number of carbonyl (C=O) groups excluding carboxylic acids is 1. The van der Waals surface area contributed by atoms with E-state index in [-0.39, 0.29) is 45.9 Å². The van der Waals surface area contributed by atoms with Crippen LogP contribution in [-0.2, 0) is 14.6 Å². The molecule has 0 unspecified atom stereocenters. The number of likely N-dealkylation sites (N-methyl/N-ethyl adjacent to an activating group) is 1. The van der Waals surface area contributed by atoms with Gasteiger partial charge in [0.05, 0.1) is 26.6 Å². The summed E-state index contributed by atoms with van der Waals surface area (Å²) in [6.07, 6.45) is 0.443. The Kier molecular flexibility index (Phi) is 5.48. The number of ether oxygens (including phenoxy) is 1. The summed E-state index contributed by atoms with van der Waals surface area (Å²) < 4.78 is 28.2. The molecular formula is C13H14Cl3NO4S. The lowest BCUT2D eigenvalue weighted by Gasteiger charge is -2.23. The molecule has 1 aliphatic rings. The Morgan fingerprint density at radius 2 is 1.91 bits per heavy atom. The molecule has 1 atom stereocenters. The van der Waals surface area contributed by atoms with E-state index in [9.17, 15) is 13.2 Å². The Bertz CT molecular complexity index is 693. The molecule has 0 bridgehead atoms. The average molecular weight is 387 g/mol.